The number of rotatable bonds is 5. The first-order chi connectivity index (χ1) is 7.86. The summed E-state index contributed by atoms with van der Waals surface area (Å²) in [6, 6.07) is 0.0709. The number of aryl methyl sites for hydroxylation is 1. The Balaban J connectivity index is 2.30. The van der Waals surface area contributed by atoms with Gasteiger partial charge in [0.1, 0.15) is 0 Å². The van der Waals surface area contributed by atoms with Gasteiger partial charge >= 0.3 is 0 Å². The lowest BCUT2D eigenvalue weighted by atomic mass is 10.2. The lowest BCUT2D eigenvalue weighted by molar-refractivity contribution is 0.525. The summed E-state index contributed by atoms with van der Waals surface area (Å²) in [5.74, 6) is 0. The standard InChI is InChI=1S/C9H14N6S/c1-3-4-15-7(5-11-13-15)9(10-2)8-6-12-14-16-8/h5-6,9-10H,3-4H2,1-2H3. The van der Waals surface area contributed by atoms with Crippen LogP contribution in [-0.4, -0.2) is 31.6 Å². The van der Waals surface area contributed by atoms with Crippen LogP contribution in [0.1, 0.15) is 30.0 Å². The molecule has 0 aliphatic heterocycles. The Morgan fingerprint density at radius 1 is 1.44 bits per heavy atom. The number of hydrogen-bond acceptors (Lipinski definition) is 6. The molecule has 0 aromatic carbocycles. The van der Waals surface area contributed by atoms with Crippen molar-refractivity contribution in [1.82, 2.24) is 29.9 Å². The topological polar surface area (TPSA) is 68.5 Å². The lowest BCUT2D eigenvalue weighted by Gasteiger charge is -2.14. The van der Waals surface area contributed by atoms with Crippen LogP contribution in [0, 0.1) is 0 Å². The molecule has 1 unspecified atom stereocenters. The van der Waals surface area contributed by atoms with Gasteiger partial charge < -0.3 is 5.32 Å². The van der Waals surface area contributed by atoms with Gasteiger partial charge in [-0.1, -0.05) is 16.6 Å². The molecule has 86 valence electrons. The van der Waals surface area contributed by atoms with Crippen LogP contribution in [-0.2, 0) is 6.54 Å². The smallest absolute Gasteiger partial charge is 0.0888 e. The van der Waals surface area contributed by atoms with Crippen molar-refractivity contribution in [2.24, 2.45) is 0 Å². The molecule has 0 aliphatic rings. The van der Waals surface area contributed by atoms with E-state index in [9.17, 15) is 0 Å². The largest absolute Gasteiger partial charge is 0.307 e. The molecular formula is C9H14N6S. The third-order valence-electron chi connectivity index (χ3n) is 2.33. The van der Waals surface area contributed by atoms with E-state index in [4.69, 9.17) is 0 Å². The predicted octanol–water partition coefficient (Wildman–Crippen LogP) is 0.848. The van der Waals surface area contributed by atoms with Gasteiger partial charge in [-0.3, -0.25) is 0 Å². The second-order valence-electron chi connectivity index (χ2n) is 3.42. The van der Waals surface area contributed by atoms with Crippen LogP contribution in [0.2, 0.25) is 0 Å². The third-order valence-corrected chi connectivity index (χ3v) is 3.06. The molecule has 2 aromatic rings. The van der Waals surface area contributed by atoms with E-state index in [1.807, 2.05) is 11.7 Å². The van der Waals surface area contributed by atoms with Crippen LogP contribution in [0.4, 0.5) is 0 Å². The number of aromatic nitrogens is 5. The maximum atomic E-state index is 4.08. The van der Waals surface area contributed by atoms with Gasteiger partial charge in [-0.2, -0.15) is 0 Å². The molecule has 6 nitrogen and oxygen atoms in total. The van der Waals surface area contributed by atoms with Crippen molar-refractivity contribution in [3.8, 4) is 0 Å². The molecule has 0 fully saturated rings. The van der Waals surface area contributed by atoms with Gasteiger partial charge in [-0.25, -0.2) is 4.68 Å². The summed E-state index contributed by atoms with van der Waals surface area (Å²) in [6.07, 6.45) is 4.60. The fraction of sp³-hybridized carbons (Fsp3) is 0.556. The summed E-state index contributed by atoms with van der Waals surface area (Å²) < 4.78 is 5.80. The second kappa shape index (κ2) is 5.13. The SMILES string of the molecule is CCCn1nncc1C(NC)c1cnns1. The van der Waals surface area contributed by atoms with Crippen molar-refractivity contribution in [3.63, 3.8) is 0 Å². The van der Waals surface area contributed by atoms with E-state index in [0.717, 1.165) is 23.5 Å². The van der Waals surface area contributed by atoms with E-state index in [1.165, 1.54) is 11.5 Å². The molecule has 0 spiro atoms. The van der Waals surface area contributed by atoms with Crippen LogP contribution < -0.4 is 5.32 Å². The van der Waals surface area contributed by atoms with Gasteiger partial charge in [0.25, 0.3) is 0 Å². The molecule has 0 saturated carbocycles. The predicted molar refractivity (Wildman–Crippen MR) is 61.1 cm³/mol. The maximum absolute atomic E-state index is 4.08. The lowest BCUT2D eigenvalue weighted by Crippen LogP contribution is -2.20. The highest BCUT2D eigenvalue weighted by Crippen LogP contribution is 2.22. The van der Waals surface area contributed by atoms with Crippen LogP contribution in [0.5, 0.6) is 0 Å². The van der Waals surface area contributed by atoms with E-state index >= 15 is 0 Å². The van der Waals surface area contributed by atoms with Crippen molar-refractivity contribution >= 4 is 11.5 Å². The molecule has 0 bridgehead atoms. The average molecular weight is 238 g/mol. The first-order valence-electron chi connectivity index (χ1n) is 5.19. The zero-order chi connectivity index (χ0) is 11.4. The van der Waals surface area contributed by atoms with Crippen LogP contribution in [0.25, 0.3) is 0 Å². The number of nitrogens with one attached hydrogen (secondary N) is 1. The minimum atomic E-state index is 0.0709. The van der Waals surface area contributed by atoms with Crippen molar-refractivity contribution in [2.75, 3.05) is 7.05 Å². The van der Waals surface area contributed by atoms with Crippen molar-refractivity contribution < 1.29 is 0 Å². The van der Waals surface area contributed by atoms with E-state index < -0.39 is 0 Å². The molecule has 2 heterocycles. The summed E-state index contributed by atoms with van der Waals surface area (Å²) in [6.45, 7) is 2.99. The van der Waals surface area contributed by atoms with Crippen molar-refractivity contribution in [3.05, 3.63) is 23.0 Å². The fourth-order valence-corrected chi connectivity index (χ4v) is 2.24. The zero-order valence-electron chi connectivity index (χ0n) is 9.29. The van der Waals surface area contributed by atoms with Gasteiger partial charge in [0.05, 0.1) is 29.0 Å². The minimum Gasteiger partial charge on any atom is -0.307 e. The summed E-state index contributed by atoms with van der Waals surface area (Å²) in [4.78, 5) is 1.07. The molecule has 0 radical (unpaired) electrons. The normalized spacial score (nSPS) is 12.9. The molecule has 1 atom stereocenters. The number of hydrogen-bond donors (Lipinski definition) is 1. The van der Waals surface area contributed by atoms with Gasteiger partial charge in [0.2, 0.25) is 0 Å². The molecule has 0 saturated heterocycles. The fourth-order valence-electron chi connectivity index (χ4n) is 1.61. The van der Waals surface area contributed by atoms with Crippen LogP contribution in [0.3, 0.4) is 0 Å². The van der Waals surface area contributed by atoms with E-state index in [2.05, 4.69) is 32.1 Å². The first kappa shape index (κ1) is 11.2. The highest BCUT2D eigenvalue weighted by molar-refractivity contribution is 7.05. The molecule has 2 aromatic heterocycles. The van der Waals surface area contributed by atoms with E-state index in [0.29, 0.717) is 0 Å². The minimum absolute atomic E-state index is 0.0709. The molecule has 0 amide bonds. The molecule has 0 aliphatic carbocycles. The molecule has 16 heavy (non-hydrogen) atoms. The van der Waals surface area contributed by atoms with Crippen LogP contribution in [0.15, 0.2) is 12.4 Å². The van der Waals surface area contributed by atoms with Gasteiger partial charge in [0, 0.05) is 6.54 Å². The summed E-state index contributed by atoms with van der Waals surface area (Å²) in [5, 5.41) is 15.1. The summed E-state index contributed by atoms with van der Waals surface area (Å²) in [7, 11) is 1.91. The Kier molecular flexibility index (Phi) is 3.58. The highest BCUT2D eigenvalue weighted by atomic mass is 32.1. The molecule has 1 N–H and O–H groups in total. The Bertz CT molecular complexity index is 423. The van der Waals surface area contributed by atoms with E-state index in [1.54, 1.807) is 12.4 Å². The number of nitrogens with zero attached hydrogens (tertiary/aromatic N) is 5. The molecule has 2 rings (SSSR count). The van der Waals surface area contributed by atoms with Crippen LogP contribution >= 0.6 is 11.5 Å². The quantitative estimate of drug-likeness (QED) is 0.836. The van der Waals surface area contributed by atoms with Gasteiger partial charge in [-0.05, 0) is 25.0 Å². The van der Waals surface area contributed by atoms with Crippen molar-refractivity contribution in [2.45, 2.75) is 25.9 Å². The first-order valence-corrected chi connectivity index (χ1v) is 5.97. The zero-order valence-corrected chi connectivity index (χ0v) is 10.1. The van der Waals surface area contributed by atoms with Gasteiger partial charge in [0.15, 0.2) is 0 Å². The second-order valence-corrected chi connectivity index (χ2v) is 4.24. The summed E-state index contributed by atoms with van der Waals surface area (Å²) >= 11 is 1.39. The average Bonchev–Trinajstić information content (AvgIpc) is 2.92. The Morgan fingerprint density at radius 3 is 2.94 bits per heavy atom. The van der Waals surface area contributed by atoms with Crippen molar-refractivity contribution in [1.29, 1.82) is 0 Å². The third kappa shape index (κ3) is 2.10. The Labute approximate surface area is 97.8 Å². The Hall–Kier alpha value is -1.34. The molecule has 7 heteroatoms. The monoisotopic (exact) mass is 238 g/mol. The summed E-state index contributed by atoms with van der Waals surface area (Å²) in [5.41, 5.74) is 1.05. The Morgan fingerprint density at radius 2 is 2.31 bits per heavy atom. The highest BCUT2D eigenvalue weighted by Gasteiger charge is 2.19. The van der Waals surface area contributed by atoms with Gasteiger partial charge in [-0.15, -0.1) is 10.2 Å². The molecular weight excluding hydrogens is 224 g/mol. The van der Waals surface area contributed by atoms with E-state index in [-0.39, 0.29) is 6.04 Å². The maximum Gasteiger partial charge on any atom is 0.0888 e.